The summed E-state index contributed by atoms with van der Waals surface area (Å²) in [6.45, 7) is 0. The molecule has 0 bridgehead atoms. The zero-order chi connectivity index (χ0) is 11.5. The Labute approximate surface area is 89.1 Å². The number of hydrogen-bond donors (Lipinski definition) is 0. The highest BCUT2D eigenvalue weighted by Gasteiger charge is 2.18. The lowest BCUT2D eigenvalue weighted by atomic mass is 10.2. The van der Waals surface area contributed by atoms with Crippen LogP contribution in [0.2, 0.25) is 0 Å². The maximum Gasteiger partial charge on any atom is 0.397 e. The molecule has 0 saturated carbocycles. The van der Waals surface area contributed by atoms with E-state index in [0.717, 1.165) is 6.20 Å². The topological polar surface area (TPSA) is 78.1 Å². The second-order valence-corrected chi connectivity index (χ2v) is 2.77. The molecule has 0 radical (unpaired) electrons. The molecule has 2 rings (SSSR count). The van der Waals surface area contributed by atoms with E-state index in [1.807, 2.05) is 0 Å². The summed E-state index contributed by atoms with van der Waals surface area (Å²) >= 11 is 0. The van der Waals surface area contributed by atoms with Crippen LogP contribution >= 0.6 is 0 Å². The summed E-state index contributed by atoms with van der Waals surface area (Å²) in [5.74, 6) is -1.72. The third-order valence-electron chi connectivity index (χ3n) is 1.80. The molecule has 0 aliphatic heterocycles. The molecule has 16 heavy (non-hydrogen) atoms. The van der Waals surface area contributed by atoms with Gasteiger partial charge in [0.2, 0.25) is 5.82 Å². The first-order valence-corrected chi connectivity index (χ1v) is 4.24. The van der Waals surface area contributed by atoms with Gasteiger partial charge in [-0.25, -0.2) is 9.18 Å². The van der Waals surface area contributed by atoms with Gasteiger partial charge in [0.05, 0.1) is 18.9 Å². The van der Waals surface area contributed by atoms with Gasteiger partial charge in [0.15, 0.2) is 5.82 Å². The highest BCUT2D eigenvalue weighted by atomic mass is 19.1. The molecule has 0 spiro atoms. The summed E-state index contributed by atoms with van der Waals surface area (Å²) in [4.78, 5) is 18.3. The van der Waals surface area contributed by atoms with Crippen LogP contribution in [0.15, 0.2) is 23.0 Å². The molecule has 0 fully saturated rings. The van der Waals surface area contributed by atoms with E-state index in [1.54, 1.807) is 0 Å². The highest BCUT2D eigenvalue weighted by molar-refractivity contribution is 5.84. The maximum absolute atomic E-state index is 13.3. The lowest BCUT2D eigenvalue weighted by Crippen LogP contribution is -2.01. The average Bonchev–Trinajstić information content (AvgIpc) is 2.78. The molecule has 7 heteroatoms. The summed E-state index contributed by atoms with van der Waals surface area (Å²) in [5, 5.41) is 3.46. The first-order valence-electron chi connectivity index (χ1n) is 4.24. The number of esters is 1. The predicted octanol–water partition coefficient (Wildman–Crippen LogP) is 1.06. The number of nitrogens with zero attached hydrogens (tertiary/aromatic N) is 3. The minimum Gasteiger partial charge on any atom is -0.462 e. The molecule has 2 aromatic heterocycles. The van der Waals surface area contributed by atoms with Gasteiger partial charge in [-0.05, 0) is 6.07 Å². The van der Waals surface area contributed by atoms with Gasteiger partial charge in [0.25, 0.3) is 0 Å². The monoisotopic (exact) mass is 223 g/mol. The molecule has 2 heterocycles. The van der Waals surface area contributed by atoms with E-state index < -0.39 is 11.8 Å². The average molecular weight is 223 g/mol. The van der Waals surface area contributed by atoms with Gasteiger partial charge in [-0.15, -0.1) is 0 Å². The molecule has 0 aromatic carbocycles. The van der Waals surface area contributed by atoms with Crippen LogP contribution in [0.3, 0.4) is 0 Å². The van der Waals surface area contributed by atoms with Gasteiger partial charge in [-0.3, -0.25) is 4.98 Å². The van der Waals surface area contributed by atoms with Gasteiger partial charge < -0.3 is 9.26 Å². The number of hydrogen-bond acceptors (Lipinski definition) is 6. The van der Waals surface area contributed by atoms with Gasteiger partial charge >= 0.3 is 11.9 Å². The van der Waals surface area contributed by atoms with Crippen molar-refractivity contribution in [1.82, 2.24) is 15.1 Å². The standard InChI is InChI=1S/C9H6FN3O3/c1-15-9(14)8-12-7(13-16-8)5-2-3-11-4-6(5)10/h2-4H,1H3. The molecular weight excluding hydrogens is 217 g/mol. The lowest BCUT2D eigenvalue weighted by Gasteiger charge is -1.93. The lowest BCUT2D eigenvalue weighted by molar-refractivity contribution is 0.0545. The highest BCUT2D eigenvalue weighted by Crippen LogP contribution is 2.18. The van der Waals surface area contributed by atoms with Crippen LogP contribution in [0.4, 0.5) is 4.39 Å². The number of carbonyl (C=O) groups is 1. The van der Waals surface area contributed by atoms with Crippen molar-refractivity contribution in [2.75, 3.05) is 7.11 Å². The van der Waals surface area contributed by atoms with Gasteiger partial charge in [-0.2, -0.15) is 4.98 Å². The summed E-state index contributed by atoms with van der Waals surface area (Å²) in [5.41, 5.74) is 0.105. The molecule has 0 aliphatic carbocycles. The number of carbonyl (C=O) groups excluding carboxylic acids is 1. The van der Waals surface area contributed by atoms with Crippen molar-refractivity contribution in [3.05, 3.63) is 30.2 Å². The molecule has 0 atom stereocenters. The Hall–Kier alpha value is -2.31. The molecule has 0 unspecified atom stereocenters. The zero-order valence-electron chi connectivity index (χ0n) is 8.18. The molecule has 6 nitrogen and oxygen atoms in total. The SMILES string of the molecule is COC(=O)c1nc(-c2ccncc2F)no1. The molecular formula is C9H6FN3O3. The smallest absolute Gasteiger partial charge is 0.397 e. The van der Waals surface area contributed by atoms with Crippen molar-refractivity contribution in [3.8, 4) is 11.4 Å². The Kier molecular flexibility index (Phi) is 2.59. The van der Waals surface area contributed by atoms with Crippen LogP contribution in [0.5, 0.6) is 0 Å². The van der Waals surface area contributed by atoms with Crippen molar-refractivity contribution in [1.29, 1.82) is 0 Å². The Morgan fingerprint density at radius 3 is 3.06 bits per heavy atom. The summed E-state index contributed by atoms with van der Waals surface area (Å²) in [7, 11) is 1.18. The largest absolute Gasteiger partial charge is 0.462 e. The second-order valence-electron chi connectivity index (χ2n) is 2.77. The number of ether oxygens (including phenoxy) is 1. The van der Waals surface area contributed by atoms with Crippen molar-refractivity contribution >= 4 is 5.97 Å². The predicted molar refractivity (Wildman–Crippen MR) is 48.8 cm³/mol. The zero-order valence-corrected chi connectivity index (χ0v) is 8.18. The fourth-order valence-corrected chi connectivity index (χ4v) is 1.06. The van der Waals surface area contributed by atoms with E-state index >= 15 is 0 Å². The quantitative estimate of drug-likeness (QED) is 0.708. The van der Waals surface area contributed by atoms with Crippen LogP contribution in [0.1, 0.15) is 10.7 Å². The Bertz CT molecular complexity index is 526. The maximum atomic E-state index is 13.3. The van der Waals surface area contributed by atoms with E-state index in [9.17, 15) is 9.18 Å². The van der Waals surface area contributed by atoms with Crippen LogP contribution in [-0.4, -0.2) is 28.2 Å². The van der Waals surface area contributed by atoms with Crippen LogP contribution < -0.4 is 0 Å². The van der Waals surface area contributed by atoms with Gasteiger partial charge in [-0.1, -0.05) is 5.16 Å². The van der Waals surface area contributed by atoms with E-state index in [4.69, 9.17) is 0 Å². The third-order valence-corrected chi connectivity index (χ3v) is 1.80. The van der Waals surface area contributed by atoms with Crippen molar-refractivity contribution < 1.29 is 18.4 Å². The Morgan fingerprint density at radius 1 is 1.56 bits per heavy atom. The number of aromatic nitrogens is 3. The molecule has 82 valence electrons. The fourth-order valence-electron chi connectivity index (χ4n) is 1.06. The first kappa shape index (κ1) is 10.2. The molecule has 0 N–H and O–H groups in total. The molecule has 0 amide bonds. The van der Waals surface area contributed by atoms with Crippen molar-refractivity contribution in [3.63, 3.8) is 0 Å². The number of methoxy groups -OCH3 is 1. The Balaban J connectivity index is 2.39. The third kappa shape index (κ3) is 1.74. The molecule has 0 aliphatic rings. The van der Waals surface area contributed by atoms with Crippen LogP contribution in [-0.2, 0) is 4.74 Å². The van der Waals surface area contributed by atoms with Crippen molar-refractivity contribution in [2.24, 2.45) is 0 Å². The Morgan fingerprint density at radius 2 is 2.38 bits per heavy atom. The fraction of sp³-hybridized carbons (Fsp3) is 0.111. The summed E-state index contributed by atoms with van der Waals surface area (Å²) in [6.07, 6.45) is 2.40. The second kappa shape index (κ2) is 4.05. The van der Waals surface area contributed by atoms with Crippen molar-refractivity contribution in [2.45, 2.75) is 0 Å². The van der Waals surface area contributed by atoms with E-state index in [0.29, 0.717) is 0 Å². The van der Waals surface area contributed by atoms with Crippen LogP contribution in [0, 0.1) is 5.82 Å². The van der Waals surface area contributed by atoms with E-state index in [-0.39, 0.29) is 17.3 Å². The van der Waals surface area contributed by atoms with Crippen LogP contribution in [0.25, 0.3) is 11.4 Å². The number of pyridine rings is 1. The van der Waals surface area contributed by atoms with Gasteiger partial charge in [0, 0.05) is 6.20 Å². The normalized spacial score (nSPS) is 10.1. The minimum absolute atomic E-state index is 0.0275. The van der Waals surface area contributed by atoms with E-state index in [1.165, 1.54) is 19.4 Å². The number of halogens is 1. The van der Waals surface area contributed by atoms with E-state index in [2.05, 4.69) is 24.4 Å². The first-order chi connectivity index (χ1) is 7.72. The molecule has 0 saturated heterocycles. The minimum atomic E-state index is -0.770. The molecule has 2 aromatic rings. The summed E-state index contributed by atoms with van der Waals surface area (Å²) in [6, 6.07) is 1.38. The summed E-state index contributed by atoms with van der Waals surface area (Å²) < 4.78 is 22.2. The van der Waals surface area contributed by atoms with Gasteiger partial charge in [0.1, 0.15) is 0 Å². The number of rotatable bonds is 2.